The number of rotatable bonds is 10. The number of dihydropyridines is 1. The molecule has 4 heteroatoms. The molecule has 0 spiro atoms. The van der Waals surface area contributed by atoms with E-state index < -0.39 is 0 Å². The maximum Gasteiger partial charge on any atom is 0.160 e. The van der Waals surface area contributed by atoms with Crippen LogP contribution in [0.15, 0.2) is 236 Å². The number of aromatic nitrogens is 3. The lowest BCUT2D eigenvalue weighted by Crippen LogP contribution is -2.34. The van der Waals surface area contributed by atoms with Gasteiger partial charge in [0.15, 0.2) is 5.82 Å². The molecule has 3 aliphatic rings. The number of hydrogen-bond acceptors (Lipinski definition) is 4. The Morgan fingerprint density at radius 1 is 0.456 bits per heavy atom. The van der Waals surface area contributed by atoms with Gasteiger partial charge in [-0.05, 0) is 143 Å². The van der Waals surface area contributed by atoms with E-state index in [1.54, 1.807) is 0 Å². The van der Waals surface area contributed by atoms with Gasteiger partial charge in [0.1, 0.15) is 0 Å². The lowest BCUT2D eigenvalue weighted by Gasteiger charge is -2.28. The van der Waals surface area contributed by atoms with Crippen LogP contribution in [-0.2, 0) is 0 Å². The van der Waals surface area contributed by atoms with Crippen molar-refractivity contribution in [2.24, 2.45) is 5.92 Å². The predicted octanol–water partition coefficient (Wildman–Crippen LogP) is 15.7. The number of aryl methyl sites for hydroxylation is 1. The molecule has 4 nitrogen and oxygen atoms in total. The van der Waals surface area contributed by atoms with Crippen molar-refractivity contribution in [1.82, 2.24) is 20.3 Å². The van der Waals surface area contributed by atoms with Crippen molar-refractivity contribution in [2.75, 3.05) is 0 Å². The molecule has 2 unspecified atom stereocenters. The van der Waals surface area contributed by atoms with Crippen molar-refractivity contribution in [3.63, 3.8) is 0 Å². The summed E-state index contributed by atoms with van der Waals surface area (Å²) in [7, 11) is 0. The zero-order chi connectivity index (χ0) is 45.8. The molecular weight excluding hydrogens is 825 g/mol. The summed E-state index contributed by atoms with van der Waals surface area (Å²) in [6.07, 6.45) is 22.2. The van der Waals surface area contributed by atoms with Gasteiger partial charge in [0, 0.05) is 39.9 Å². The van der Waals surface area contributed by atoms with E-state index in [1.807, 2.05) is 13.0 Å². The first-order valence-electron chi connectivity index (χ1n) is 23.7. The van der Waals surface area contributed by atoms with Gasteiger partial charge < -0.3 is 5.32 Å². The molecule has 8 aromatic rings. The number of hydrogen-bond donors (Lipinski definition) is 1. The first-order chi connectivity index (χ1) is 33.5. The Kier molecular flexibility index (Phi) is 11.8. The maximum absolute atomic E-state index is 5.56. The number of nitrogens with one attached hydrogen (secondary N) is 1. The first-order valence-corrected chi connectivity index (χ1v) is 23.7. The fourth-order valence-electron chi connectivity index (χ4n) is 9.72. The summed E-state index contributed by atoms with van der Waals surface area (Å²) < 4.78 is 0. The summed E-state index contributed by atoms with van der Waals surface area (Å²) in [6.45, 7) is 4.17. The Labute approximate surface area is 400 Å². The standard InChI is InChI=1S/C64H52N4/c1-43-15-12-25-60(65-43)50-31-27-48(28-32-50)55-36-54(46-19-8-4-9-20-46)38-58(39-55)63-42-62(53-24-14-23-52(35-53)45-17-6-3-7-18-45)67-64(68-63)59-40-56(47-21-10-5-11-22-47)37-57(41-59)49-29-33-51(34-30-49)61-26-13-16-44(2)66-61/h3-33,36-42,51,53,61,66H,34-35H2,1-2H3/t51?,53-,61?/m0/s1. The monoisotopic (exact) mass is 876 g/mol. The zero-order valence-corrected chi connectivity index (χ0v) is 38.4. The SMILES string of the molecule is CC1=CC=CC(C2C=CC(c3cc(-c4ccccc4)cc(-c4nc(-c5cc(-c6ccccc6)cc(-c6ccc(-c7cccc(C)n7)cc6)c5)cc([C@H]5C=CC=C(c6ccccc6)C5)n4)c3)=CC2)N1. The molecule has 3 atom stereocenters. The molecule has 0 radical (unpaired) electrons. The van der Waals surface area contributed by atoms with Crippen LogP contribution < -0.4 is 5.32 Å². The van der Waals surface area contributed by atoms with Crippen LogP contribution in [0.25, 0.3) is 78.4 Å². The largest absolute Gasteiger partial charge is 0.382 e. The number of benzene rings is 6. The van der Waals surface area contributed by atoms with E-state index in [0.29, 0.717) is 11.7 Å². The van der Waals surface area contributed by atoms with Crippen molar-refractivity contribution < 1.29 is 0 Å². The fraction of sp³-hybridized carbons (Fsp3) is 0.109. The molecule has 0 bridgehead atoms. The van der Waals surface area contributed by atoms with Crippen LogP contribution >= 0.6 is 0 Å². The van der Waals surface area contributed by atoms with Gasteiger partial charge in [-0.25, -0.2) is 9.97 Å². The quantitative estimate of drug-likeness (QED) is 0.149. The van der Waals surface area contributed by atoms with Gasteiger partial charge >= 0.3 is 0 Å². The Hall–Kier alpha value is -8.21. The third kappa shape index (κ3) is 9.27. The summed E-state index contributed by atoms with van der Waals surface area (Å²) in [5, 5.41) is 3.67. The van der Waals surface area contributed by atoms with Crippen LogP contribution in [0.2, 0.25) is 0 Å². The van der Waals surface area contributed by atoms with E-state index in [1.165, 1.54) is 22.4 Å². The second-order valence-corrected chi connectivity index (χ2v) is 18.1. The minimum Gasteiger partial charge on any atom is -0.382 e. The maximum atomic E-state index is 5.56. The predicted molar refractivity (Wildman–Crippen MR) is 283 cm³/mol. The van der Waals surface area contributed by atoms with Crippen molar-refractivity contribution >= 4 is 11.1 Å². The van der Waals surface area contributed by atoms with Crippen LogP contribution in [0, 0.1) is 12.8 Å². The summed E-state index contributed by atoms with van der Waals surface area (Å²) in [5.74, 6) is 1.13. The van der Waals surface area contributed by atoms with E-state index in [2.05, 4.69) is 237 Å². The Bertz CT molecular complexity index is 3320. The molecule has 0 amide bonds. The van der Waals surface area contributed by atoms with Gasteiger partial charge in [-0.15, -0.1) is 0 Å². The highest BCUT2D eigenvalue weighted by molar-refractivity contribution is 5.85. The highest BCUT2D eigenvalue weighted by atomic mass is 14.9. The summed E-state index contributed by atoms with van der Waals surface area (Å²) in [4.78, 5) is 15.9. The molecule has 1 aliphatic heterocycles. The zero-order valence-electron chi connectivity index (χ0n) is 38.4. The van der Waals surface area contributed by atoms with Crippen molar-refractivity contribution in [2.45, 2.75) is 38.6 Å². The number of pyridine rings is 1. The highest BCUT2D eigenvalue weighted by Crippen LogP contribution is 2.40. The minimum atomic E-state index is 0.0499. The van der Waals surface area contributed by atoms with Crippen LogP contribution in [0.4, 0.5) is 0 Å². The molecule has 2 aliphatic carbocycles. The molecule has 1 N–H and O–H groups in total. The van der Waals surface area contributed by atoms with Crippen LogP contribution in [-0.4, -0.2) is 21.0 Å². The molecular formula is C64H52N4. The minimum absolute atomic E-state index is 0.0499. The first kappa shape index (κ1) is 42.4. The molecule has 6 aromatic carbocycles. The Morgan fingerprint density at radius 2 is 1.06 bits per heavy atom. The van der Waals surface area contributed by atoms with Crippen LogP contribution in [0.1, 0.15) is 48.2 Å². The average molecular weight is 877 g/mol. The van der Waals surface area contributed by atoms with Gasteiger partial charge in [0.25, 0.3) is 0 Å². The molecule has 0 fully saturated rings. The normalized spacial score (nSPS) is 17.5. The smallest absolute Gasteiger partial charge is 0.160 e. The fourth-order valence-corrected chi connectivity index (χ4v) is 9.72. The van der Waals surface area contributed by atoms with E-state index in [9.17, 15) is 0 Å². The van der Waals surface area contributed by atoms with Crippen LogP contribution in [0.3, 0.4) is 0 Å². The molecule has 328 valence electrons. The average Bonchev–Trinajstić information content (AvgIpc) is 3.41. The van der Waals surface area contributed by atoms with E-state index >= 15 is 0 Å². The van der Waals surface area contributed by atoms with E-state index in [0.717, 1.165) is 91.3 Å². The molecule has 0 saturated heterocycles. The van der Waals surface area contributed by atoms with Crippen molar-refractivity contribution in [3.8, 4) is 67.3 Å². The molecule has 68 heavy (non-hydrogen) atoms. The van der Waals surface area contributed by atoms with Crippen molar-refractivity contribution in [1.29, 1.82) is 0 Å². The topological polar surface area (TPSA) is 50.7 Å². The molecule has 3 heterocycles. The lowest BCUT2D eigenvalue weighted by molar-refractivity contribution is 0.507. The number of allylic oxidation sites excluding steroid dienone is 10. The highest BCUT2D eigenvalue weighted by Gasteiger charge is 2.23. The van der Waals surface area contributed by atoms with Gasteiger partial charge in [0.05, 0.1) is 23.1 Å². The van der Waals surface area contributed by atoms with Gasteiger partial charge in [-0.2, -0.15) is 0 Å². The third-order valence-electron chi connectivity index (χ3n) is 13.4. The Balaban J connectivity index is 1.05. The van der Waals surface area contributed by atoms with Gasteiger partial charge in [-0.1, -0.05) is 170 Å². The summed E-state index contributed by atoms with van der Waals surface area (Å²) >= 11 is 0. The second kappa shape index (κ2) is 18.9. The molecule has 2 aromatic heterocycles. The summed E-state index contributed by atoms with van der Waals surface area (Å²) in [5.41, 5.74) is 19.9. The van der Waals surface area contributed by atoms with Crippen LogP contribution in [0.5, 0.6) is 0 Å². The van der Waals surface area contributed by atoms with Gasteiger partial charge in [-0.3, -0.25) is 4.98 Å². The lowest BCUT2D eigenvalue weighted by atomic mass is 9.86. The summed E-state index contributed by atoms with van der Waals surface area (Å²) in [6, 6.07) is 63.3. The van der Waals surface area contributed by atoms with E-state index in [4.69, 9.17) is 15.0 Å². The molecule has 11 rings (SSSR count). The molecule has 0 saturated carbocycles. The van der Waals surface area contributed by atoms with Crippen molar-refractivity contribution in [3.05, 3.63) is 259 Å². The van der Waals surface area contributed by atoms with Gasteiger partial charge in [0.2, 0.25) is 0 Å². The number of nitrogens with zero attached hydrogens (tertiary/aromatic N) is 3. The second-order valence-electron chi connectivity index (χ2n) is 18.1. The van der Waals surface area contributed by atoms with E-state index in [-0.39, 0.29) is 12.0 Å². The Morgan fingerprint density at radius 3 is 1.72 bits per heavy atom. The third-order valence-corrected chi connectivity index (χ3v) is 13.4.